The third-order valence-corrected chi connectivity index (χ3v) is 4.38. The third kappa shape index (κ3) is 3.21. The maximum atomic E-state index is 3.58. The Morgan fingerprint density at radius 1 is 1.19 bits per heavy atom. The molecule has 1 N–H and O–H groups in total. The van der Waals surface area contributed by atoms with Crippen LogP contribution in [0.1, 0.15) is 52.4 Å². The summed E-state index contributed by atoms with van der Waals surface area (Å²) in [4.78, 5) is 2.72. The average molecular weight is 224 g/mol. The zero-order chi connectivity index (χ0) is 11.4. The molecule has 16 heavy (non-hydrogen) atoms. The molecule has 1 saturated carbocycles. The van der Waals surface area contributed by atoms with E-state index in [1.807, 2.05) is 0 Å². The van der Waals surface area contributed by atoms with Crippen LogP contribution in [0.25, 0.3) is 0 Å². The largest absolute Gasteiger partial charge is 0.314 e. The Bertz CT molecular complexity index is 203. The van der Waals surface area contributed by atoms with E-state index in [0.29, 0.717) is 0 Å². The Morgan fingerprint density at radius 3 is 2.38 bits per heavy atom. The van der Waals surface area contributed by atoms with Gasteiger partial charge in [0.25, 0.3) is 0 Å². The van der Waals surface area contributed by atoms with Crippen molar-refractivity contribution in [2.75, 3.05) is 26.2 Å². The molecule has 0 amide bonds. The molecule has 2 aliphatic rings. The van der Waals surface area contributed by atoms with Crippen molar-refractivity contribution < 1.29 is 0 Å². The van der Waals surface area contributed by atoms with E-state index < -0.39 is 0 Å². The molecular formula is C14H28N2. The highest BCUT2D eigenvalue weighted by atomic mass is 15.2. The molecule has 1 heterocycles. The van der Waals surface area contributed by atoms with Gasteiger partial charge in [-0.1, -0.05) is 20.3 Å². The van der Waals surface area contributed by atoms with Crippen LogP contribution in [0.5, 0.6) is 0 Å². The van der Waals surface area contributed by atoms with Gasteiger partial charge in [0.2, 0.25) is 0 Å². The lowest BCUT2D eigenvalue weighted by Gasteiger charge is -2.34. The Morgan fingerprint density at radius 2 is 1.88 bits per heavy atom. The molecular weight excluding hydrogens is 196 g/mol. The van der Waals surface area contributed by atoms with E-state index in [9.17, 15) is 0 Å². The second-order valence-corrected chi connectivity index (χ2v) is 5.86. The molecule has 2 rings (SSSR count). The van der Waals surface area contributed by atoms with Crippen LogP contribution in [0.3, 0.4) is 0 Å². The third-order valence-electron chi connectivity index (χ3n) is 4.38. The van der Waals surface area contributed by atoms with Crippen molar-refractivity contribution in [1.29, 1.82) is 0 Å². The summed E-state index contributed by atoms with van der Waals surface area (Å²) in [5.41, 5.74) is 0.750. The summed E-state index contributed by atoms with van der Waals surface area (Å²) in [5.74, 6) is 0. The zero-order valence-corrected chi connectivity index (χ0v) is 11.1. The molecule has 0 spiro atoms. The summed E-state index contributed by atoms with van der Waals surface area (Å²) in [6.45, 7) is 9.71. The second kappa shape index (κ2) is 5.50. The lowest BCUT2D eigenvalue weighted by Crippen LogP contribution is -2.44. The molecule has 1 aliphatic heterocycles. The molecule has 2 fully saturated rings. The van der Waals surface area contributed by atoms with E-state index in [2.05, 4.69) is 24.1 Å². The Hall–Kier alpha value is -0.0800. The topological polar surface area (TPSA) is 15.3 Å². The molecule has 1 aliphatic carbocycles. The predicted molar refractivity (Wildman–Crippen MR) is 69.7 cm³/mol. The van der Waals surface area contributed by atoms with Crippen LogP contribution in [0.4, 0.5) is 0 Å². The van der Waals surface area contributed by atoms with Gasteiger partial charge in [0.1, 0.15) is 0 Å². The fraction of sp³-hybridized carbons (Fsp3) is 1.00. The summed E-state index contributed by atoms with van der Waals surface area (Å²) in [7, 11) is 0. The van der Waals surface area contributed by atoms with Crippen LogP contribution in [0, 0.1) is 5.41 Å². The summed E-state index contributed by atoms with van der Waals surface area (Å²) < 4.78 is 0. The molecule has 0 atom stereocenters. The van der Waals surface area contributed by atoms with Crippen LogP contribution in [-0.4, -0.2) is 37.1 Å². The van der Waals surface area contributed by atoms with E-state index >= 15 is 0 Å². The zero-order valence-electron chi connectivity index (χ0n) is 11.1. The van der Waals surface area contributed by atoms with Crippen molar-refractivity contribution in [2.24, 2.45) is 5.41 Å². The minimum Gasteiger partial charge on any atom is -0.314 e. The highest BCUT2D eigenvalue weighted by Gasteiger charge is 2.42. The first-order valence-electron chi connectivity index (χ1n) is 7.24. The molecule has 0 aromatic carbocycles. The van der Waals surface area contributed by atoms with Crippen LogP contribution in [-0.2, 0) is 0 Å². The summed E-state index contributed by atoms with van der Waals surface area (Å²) >= 11 is 0. The van der Waals surface area contributed by atoms with Crippen molar-refractivity contribution in [3.8, 4) is 0 Å². The fourth-order valence-corrected chi connectivity index (χ4v) is 3.25. The Labute approximate surface area is 101 Å². The van der Waals surface area contributed by atoms with Crippen LogP contribution >= 0.6 is 0 Å². The van der Waals surface area contributed by atoms with E-state index in [4.69, 9.17) is 0 Å². The lowest BCUT2D eigenvalue weighted by molar-refractivity contribution is 0.160. The molecule has 0 radical (unpaired) electrons. The molecule has 94 valence electrons. The van der Waals surface area contributed by atoms with Crippen LogP contribution in [0.2, 0.25) is 0 Å². The maximum absolute atomic E-state index is 3.58. The number of likely N-dealkylation sites (tertiary alicyclic amines) is 1. The summed E-state index contributed by atoms with van der Waals surface area (Å²) in [5, 5.41) is 3.58. The van der Waals surface area contributed by atoms with Gasteiger partial charge in [0.05, 0.1) is 0 Å². The highest BCUT2D eigenvalue weighted by Crippen LogP contribution is 2.50. The number of nitrogens with one attached hydrogen (secondary N) is 1. The monoisotopic (exact) mass is 224 g/mol. The van der Waals surface area contributed by atoms with Crippen molar-refractivity contribution in [3.05, 3.63) is 0 Å². The van der Waals surface area contributed by atoms with E-state index in [-0.39, 0.29) is 0 Å². The highest BCUT2D eigenvalue weighted by molar-refractivity contribution is 4.96. The van der Waals surface area contributed by atoms with Gasteiger partial charge in [0.15, 0.2) is 0 Å². The number of piperidine rings is 1. The maximum Gasteiger partial charge on any atom is 0.00912 e. The fourth-order valence-electron chi connectivity index (χ4n) is 3.25. The van der Waals surface area contributed by atoms with E-state index in [0.717, 1.165) is 18.0 Å². The van der Waals surface area contributed by atoms with Gasteiger partial charge in [-0.3, -0.25) is 0 Å². The minimum atomic E-state index is 0.750. The van der Waals surface area contributed by atoms with Gasteiger partial charge in [-0.2, -0.15) is 0 Å². The SMILES string of the molecule is CCCC1(CN2CCC(NCC)CC2)CC1. The normalized spacial score (nSPS) is 25.9. The molecule has 0 aromatic heterocycles. The van der Waals surface area contributed by atoms with Crippen LogP contribution in [0.15, 0.2) is 0 Å². The van der Waals surface area contributed by atoms with Gasteiger partial charge in [-0.15, -0.1) is 0 Å². The number of hydrogen-bond acceptors (Lipinski definition) is 2. The summed E-state index contributed by atoms with van der Waals surface area (Å²) in [6.07, 6.45) is 8.53. The first kappa shape index (κ1) is 12.4. The minimum absolute atomic E-state index is 0.750. The molecule has 2 nitrogen and oxygen atoms in total. The number of hydrogen-bond donors (Lipinski definition) is 1. The van der Waals surface area contributed by atoms with E-state index in [1.54, 1.807) is 0 Å². The van der Waals surface area contributed by atoms with Crippen LogP contribution < -0.4 is 5.32 Å². The first-order valence-corrected chi connectivity index (χ1v) is 7.24. The molecule has 1 saturated heterocycles. The van der Waals surface area contributed by atoms with Crippen molar-refractivity contribution >= 4 is 0 Å². The van der Waals surface area contributed by atoms with Crippen molar-refractivity contribution in [1.82, 2.24) is 10.2 Å². The Balaban J connectivity index is 1.69. The second-order valence-electron chi connectivity index (χ2n) is 5.86. The molecule has 0 bridgehead atoms. The predicted octanol–water partition coefficient (Wildman–Crippen LogP) is 2.64. The van der Waals surface area contributed by atoms with Gasteiger partial charge in [0, 0.05) is 12.6 Å². The van der Waals surface area contributed by atoms with Crippen molar-refractivity contribution in [3.63, 3.8) is 0 Å². The van der Waals surface area contributed by atoms with E-state index in [1.165, 1.54) is 58.2 Å². The smallest absolute Gasteiger partial charge is 0.00912 e. The number of rotatable bonds is 6. The van der Waals surface area contributed by atoms with Gasteiger partial charge in [-0.05, 0) is 57.2 Å². The van der Waals surface area contributed by atoms with Gasteiger partial charge >= 0.3 is 0 Å². The molecule has 0 aromatic rings. The average Bonchev–Trinajstić information content (AvgIpc) is 3.02. The standard InChI is InChI=1S/C14H28N2/c1-3-7-14(8-9-14)12-16-10-5-13(6-11-16)15-4-2/h13,15H,3-12H2,1-2H3. The number of nitrogens with zero attached hydrogens (tertiary/aromatic N) is 1. The molecule has 2 heteroatoms. The first-order chi connectivity index (χ1) is 7.78. The quantitative estimate of drug-likeness (QED) is 0.746. The van der Waals surface area contributed by atoms with Gasteiger partial charge in [-0.25, -0.2) is 0 Å². The molecule has 0 unspecified atom stereocenters. The lowest BCUT2D eigenvalue weighted by atomic mass is 9.97. The Kier molecular flexibility index (Phi) is 4.26. The summed E-state index contributed by atoms with van der Waals surface area (Å²) in [6, 6.07) is 0.794. The van der Waals surface area contributed by atoms with Crippen molar-refractivity contribution in [2.45, 2.75) is 58.4 Å². The van der Waals surface area contributed by atoms with Gasteiger partial charge < -0.3 is 10.2 Å².